The second-order valence-corrected chi connectivity index (χ2v) is 8.80. The number of ether oxygens (including phenoxy) is 2. The normalized spacial score (nSPS) is 11.4. The lowest BCUT2D eigenvalue weighted by Crippen LogP contribution is -2.14. The summed E-state index contributed by atoms with van der Waals surface area (Å²) >= 11 is 0. The number of unbranched alkanes of at least 4 members (excludes halogenated alkanes) is 12. The van der Waals surface area contributed by atoms with E-state index in [2.05, 4.69) is 26.0 Å². The maximum atomic E-state index is 12.5. The summed E-state index contributed by atoms with van der Waals surface area (Å²) in [4.78, 5) is 24.9. The second-order valence-electron chi connectivity index (χ2n) is 8.80. The van der Waals surface area contributed by atoms with Gasteiger partial charge in [-0.05, 0) is 37.8 Å². The van der Waals surface area contributed by atoms with Gasteiger partial charge in [-0.1, -0.05) is 114 Å². The van der Waals surface area contributed by atoms with Crippen LogP contribution in [-0.2, 0) is 9.47 Å². The molecule has 190 valence electrons. The molecule has 0 aliphatic carbocycles. The molecule has 4 heteroatoms. The van der Waals surface area contributed by atoms with E-state index in [0.717, 1.165) is 25.7 Å². The number of benzene rings is 1. The summed E-state index contributed by atoms with van der Waals surface area (Å²) in [5, 5.41) is 0. The van der Waals surface area contributed by atoms with E-state index in [1.807, 2.05) is 12.2 Å². The highest BCUT2D eigenvalue weighted by Crippen LogP contribution is 2.13. The molecule has 1 aromatic carbocycles. The van der Waals surface area contributed by atoms with E-state index in [0.29, 0.717) is 0 Å². The highest BCUT2D eigenvalue weighted by atomic mass is 16.5. The molecular weight excluding hydrogens is 424 g/mol. The van der Waals surface area contributed by atoms with Crippen molar-refractivity contribution in [2.75, 3.05) is 13.2 Å². The summed E-state index contributed by atoms with van der Waals surface area (Å²) < 4.78 is 10.7. The second kappa shape index (κ2) is 21.2. The Morgan fingerprint density at radius 3 is 1.38 bits per heavy atom. The van der Waals surface area contributed by atoms with Gasteiger partial charge in [0.15, 0.2) is 0 Å². The van der Waals surface area contributed by atoms with Gasteiger partial charge < -0.3 is 9.47 Å². The summed E-state index contributed by atoms with van der Waals surface area (Å²) in [6.07, 6.45) is 25.1. The number of esters is 2. The van der Waals surface area contributed by atoms with E-state index in [1.54, 1.807) is 24.3 Å². The number of allylic oxidation sites excluding steroid dienone is 2. The predicted octanol–water partition coefficient (Wildman–Crippen LogP) is 8.61. The molecule has 4 nitrogen and oxygen atoms in total. The molecule has 0 aliphatic heterocycles. The molecule has 0 atom stereocenters. The number of hydrogen-bond acceptors (Lipinski definition) is 4. The Hall–Kier alpha value is -2.36. The molecule has 0 aromatic heterocycles. The lowest BCUT2D eigenvalue weighted by atomic mass is 10.1. The number of rotatable bonds is 20. The fourth-order valence-electron chi connectivity index (χ4n) is 3.70. The van der Waals surface area contributed by atoms with Crippen LogP contribution in [0.5, 0.6) is 0 Å². The molecule has 34 heavy (non-hydrogen) atoms. The third-order valence-electron chi connectivity index (χ3n) is 5.77. The lowest BCUT2D eigenvalue weighted by molar-refractivity contribution is 0.0502. The summed E-state index contributed by atoms with van der Waals surface area (Å²) in [5.74, 6) is -1.01. The van der Waals surface area contributed by atoms with E-state index < -0.39 is 11.9 Å². The zero-order chi connectivity index (χ0) is 24.7. The van der Waals surface area contributed by atoms with E-state index in [9.17, 15) is 9.59 Å². The lowest BCUT2D eigenvalue weighted by Gasteiger charge is -2.08. The molecule has 0 bridgehead atoms. The molecule has 0 aliphatic rings. The molecule has 0 unspecified atom stereocenters. The maximum Gasteiger partial charge on any atom is 0.339 e. The van der Waals surface area contributed by atoms with Crippen LogP contribution in [0.1, 0.15) is 124 Å². The van der Waals surface area contributed by atoms with Crippen LogP contribution < -0.4 is 0 Å². The highest BCUT2D eigenvalue weighted by Gasteiger charge is 2.18. The molecule has 1 aromatic rings. The molecule has 0 fully saturated rings. The van der Waals surface area contributed by atoms with Gasteiger partial charge in [-0.3, -0.25) is 0 Å². The molecule has 0 spiro atoms. The van der Waals surface area contributed by atoms with E-state index in [1.165, 1.54) is 64.2 Å². The van der Waals surface area contributed by atoms with Gasteiger partial charge in [-0.15, -0.1) is 0 Å². The monoisotopic (exact) mass is 470 g/mol. The van der Waals surface area contributed by atoms with Crippen molar-refractivity contribution >= 4 is 11.9 Å². The van der Waals surface area contributed by atoms with Gasteiger partial charge in [0.2, 0.25) is 0 Å². The van der Waals surface area contributed by atoms with Crippen LogP contribution >= 0.6 is 0 Å². The SMILES string of the molecule is CCCCCCCC/C=C/COC(=O)c1ccccc1C(=O)OC/C=C/CCCCCCCC. The third kappa shape index (κ3) is 14.7. The molecule has 0 saturated carbocycles. The smallest absolute Gasteiger partial charge is 0.339 e. The number of carbonyl (C=O) groups is 2. The van der Waals surface area contributed by atoms with Gasteiger partial charge >= 0.3 is 11.9 Å². The minimum absolute atomic E-state index is 0.208. The van der Waals surface area contributed by atoms with Gasteiger partial charge in [0, 0.05) is 0 Å². The number of hydrogen-bond donors (Lipinski definition) is 0. The van der Waals surface area contributed by atoms with Crippen molar-refractivity contribution in [3.05, 3.63) is 59.7 Å². The van der Waals surface area contributed by atoms with Crippen molar-refractivity contribution in [2.24, 2.45) is 0 Å². The molecule has 0 amide bonds. The Bertz CT molecular complexity index is 659. The molecule has 0 saturated heterocycles. The zero-order valence-electron chi connectivity index (χ0n) is 21.6. The first-order chi connectivity index (χ1) is 16.7. The van der Waals surface area contributed by atoms with Crippen molar-refractivity contribution in [3.8, 4) is 0 Å². The van der Waals surface area contributed by atoms with E-state index >= 15 is 0 Å². The minimum atomic E-state index is -0.504. The summed E-state index contributed by atoms with van der Waals surface area (Å²) in [5.41, 5.74) is 0.487. The Morgan fingerprint density at radius 1 is 0.588 bits per heavy atom. The average Bonchev–Trinajstić information content (AvgIpc) is 2.86. The Labute approximate surface area is 207 Å². The van der Waals surface area contributed by atoms with Crippen molar-refractivity contribution in [3.63, 3.8) is 0 Å². The summed E-state index contributed by atoms with van der Waals surface area (Å²) in [6, 6.07) is 6.66. The Morgan fingerprint density at radius 2 is 0.971 bits per heavy atom. The van der Waals surface area contributed by atoms with Gasteiger partial charge in [-0.2, -0.15) is 0 Å². The first-order valence-corrected chi connectivity index (χ1v) is 13.4. The van der Waals surface area contributed by atoms with Crippen LogP contribution in [0, 0.1) is 0 Å². The molecule has 1 rings (SSSR count). The average molecular weight is 471 g/mol. The van der Waals surface area contributed by atoms with Gasteiger partial charge in [0.25, 0.3) is 0 Å². The predicted molar refractivity (Wildman–Crippen MR) is 141 cm³/mol. The first-order valence-electron chi connectivity index (χ1n) is 13.4. The number of carbonyl (C=O) groups excluding carboxylic acids is 2. The quantitative estimate of drug-likeness (QED) is 0.109. The van der Waals surface area contributed by atoms with Crippen LogP contribution in [0.15, 0.2) is 48.6 Å². The zero-order valence-corrected chi connectivity index (χ0v) is 21.6. The summed E-state index contributed by atoms with van der Waals surface area (Å²) in [6.45, 7) is 4.86. The topological polar surface area (TPSA) is 52.6 Å². The Kier molecular flexibility index (Phi) is 18.5. The van der Waals surface area contributed by atoms with Crippen LogP contribution in [0.2, 0.25) is 0 Å². The van der Waals surface area contributed by atoms with Crippen LogP contribution in [-0.4, -0.2) is 25.2 Å². The van der Waals surface area contributed by atoms with E-state index in [4.69, 9.17) is 9.47 Å². The molecule has 0 radical (unpaired) electrons. The van der Waals surface area contributed by atoms with Crippen molar-refractivity contribution < 1.29 is 19.1 Å². The molecular formula is C30H46O4. The minimum Gasteiger partial charge on any atom is -0.458 e. The van der Waals surface area contributed by atoms with Crippen LogP contribution in [0.4, 0.5) is 0 Å². The molecule has 0 heterocycles. The van der Waals surface area contributed by atoms with Crippen molar-refractivity contribution in [2.45, 2.75) is 104 Å². The fourth-order valence-corrected chi connectivity index (χ4v) is 3.70. The van der Waals surface area contributed by atoms with Crippen LogP contribution in [0.25, 0.3) is 0 Å². The third-order valence-corrected chi connectivity index (χ3v) is 5.77. The standard InChI is InChI=1S/C30H46O4/c1-3-5-7-9-11-13-15-17-21-25-33-29(31)27-23-19-20-24-28(27)30(32)34-26-22-18-16-14-12-10-8-6-4-2/h17-24H,3-16,25-26H2,1-2H3/b21-17+,22-18+. The van der Waals surface area contributed by atoms with Gasteiger partial charge in [0.05, 0.1) is 11.1 Å². The Balaban J connectivity index is 2.30. The summed E-state index contributed by atoms with van der Waals surface area (Å²) in [7, 11) is 0. The van der Waals surface area contributed by atoms with Crippen LogP contribution in [0.3, 0.4) is 0 Å². The van der Waals surface area contributed by atoms with E-state index in [-0.39, 0.29) is 24.3 Å². The van der Waals surface area contributed by atoms with Crippen molar-refractivity contribution in [1.29, 1.82) is 0 Å². The van der Waals surface area contributed by atoms with Gasteiger partial charge in [0.1, 0.15) is 13.2 Å². The first kappa shape index (κ1) is 29.7. The fraction of sp³-hybridized carbons (Fsp3) is 0.600. The molecule has 0 N–H and O–H groups in total. The largest absolute Gasteiger partial charge is 0.458 e. The highest BCUT2D eigenvalue weighted by molar-refractivity contribution is 6.03. The van der Waals surface area contributed by atoms with Gasteiger partial charge in [-0.25, -0.2) is 9.59 Å². The maximum absolute atomic E-state index is 12.5. The van der Waals surface area contributed by atoms with Crippen molar-refractivity contribution in [1.82, 2.24) is 0 Å².